The molecule has 1 fully saturated rings. The number of benzene rings is 1. The Morgan fingerprint density at radius 3 is 2.61 bits per heavy atom. The highest BCUT2D eigenvalue weighted by Gasteiger charge is 2.39. The highest BCUT2D eigenvalue weighted by Crippen LogP contribution is 2.40. The van der Waals surface area contributed by atoms with E-state index >= 15 is 0 Å². The zero-order valence-electron chi connectivity index (χ0n) is 11.7. The second kappa shape index (κ2) is 5.19. The van der Waals surface area contributed by atoms with E-state index in [2.05, 4.69) is 31.3 Å². The van der Waals surface area contributed by atoms with Gasteiger partial charge in [0, 0.05) is 11.5 Å². The Balaban J connectivity index is 2.38. The predicted molar refractivity (Wildman–Crippen MR) is 73.6 cm³/mol. The lowest BCUT2D eigenvalue weighted by Crippen LogP contribution is -2.37. The van der Waals surface area contributed by atoms with Crippen molar-refractivity contribution < 1.29 is 9.47 Å². The Hall–Kier alpha value is -1.22. The van der Waals surface area contributed by atoms with Gasteiger partial charge in [0.05, 0.1) is 14.2 Å². The molecule has 1 aromatic rings. The van der Waals surface area contributed by atoms with Crippen LogP contribution in [0.5, 0.6) is 11.5 Å². The summed E-state index contributed by atoms with van der Waals surface area (Å²) in [6, 6.07) is 6.83. The molecule has 0 bridgehead atoms. The molecule has 0 aliphatic carbocycles. The largest absolute Gasteiger partial charge is 0.493 e. The first-order chi connectivity index (χ1) is 8.65. The van der Waals surface area contributed by atoms with Gasteiger partial charge in [-0.2, -0.15) is 0 Å². The molecule has 1 heterocycles. The SMILES string of the molecule is CCC1NCCC1(C)c1ccc(OC)c(OC)c1. The average Bonchev–Trinajstić information content (AvgIpc) is 2.80. The predicted octanol–water partition coefficient (Wildman–Crippen LogP) is 2.73. The van der Waals surface area contributed by atoms with Crippen molar-refractivity contribution in [2.45, 2.75) is 38.1 Å². The zero-order chi connectivity index (χ0) is 13.2. The van der Waals surface area contributed by atoms with Crippen LogP contribution in [-0.4, -0.2) is 26.8 Å². The van der Waals surface area contributed by atoms with Gasteiger partial charge in [-0.1, -0.05) is 19.9 Å². The summed E-state index contributed by atoms with van der Waals surface area (Å²) in [6.07, 6.45) is 2.31. The van der Waals surface area contributed by atoms with Gasteiger partial charge in [0.1, 0.15) is 0 Å². The van der Waals surface area contributed by atoms with Crippen molar-refractivity contribution in [1.82, 2.24) is 5.32 Å². The van der Waals surface area contributed by atoms with Crippen LogP contribution >= 0.6 is 0 Å². The van der Waals surface area contributed by atoms with E-state index in [-0.39, 0.29) is 5.41 Å². The molecule has 0 amide bonds. The summed E-state index contributed by atoms with van der Waals surface area (Å²) in [5.41, 5.74) is 1.52. The summed E-state index contributed by atoms with van der Waals surface area (Å²) in [7, 11) is 3.36. The van der Waals surface area contributed by atoms with Gasteiger partial charge in [-0.25, -0.2) is 0 Å². The molecule has 1 aliphatic heterocycles. The molecular formula is C15H23NO2. The van der Waals surface area contributed by atoms with Crippen LogP contribution in [0.1, 0.15) is 32.3 Å². The first kappa shape index (κ1) is 13.2. The second-order valence-electron chi connectivity index (χ2n) is 5.15. The number of hydrogen-bond acceptors (Lipinski definition) is 3. The van der Waals surface area contributed by atoms with Crippen molar-refractivity contribution in [3.05, 3.63) is 23.8 Å². The van der Waals surface area contributed by atoms with E-state index in [1.54, 1.807) is 14.2 Å². The number of methoxy groups -OCH3 is 2. The van der Waals surface area contributed by atoms with E-state index in [0.29, 0.717) is 6.04 Å². The summed E-state index contributed by atoms with van der Waals surface area (Å²) >= 11 is 0. The highest BCUT2D eigenvalue weighted by molar-refractivity contribution is 5.46. The molecule has 0 spiro atoms. The van der Waals surface area contributed by atoms with E-state index in [1.165, 1.54) is 12.0 Å². The van der Waals surface area contributed by atoms with Crippen LogP contribution < -0.4 is 14.8 Å². The molecule has 3 heteroatoms. The van der Waals surface area contributed by atoms with E-state index in [4.69, 9.17) is 9.47 Å². The molecule has 1 aliphatic rings. The fraction of sp³-hybridized carbons (Fsp3) is 0.600. The Morgan fingerprint density at radius 2 is 2.00 bits per heavy atom. The first-order valence-corrected chi connectivity index (χ1v) is 6.61. The van der Waals surface area contributed by atoms with Crippen LogP contribution in [0.4, 0.5) is 0 Å². The second-order valence-corrected chi connectivity index (χ2v) is 5.15. The smallest absolute Gasteiger partial charge is 0.161 e. The monoisotopic (exact) mass is 249 g/mol. The molecule has 0 saturated carbocycles. The Labute approximate surface area is 109 Å². The number of nitrogens with one attached hydrogen (secondary N) is 1. The maximum absolute atomic E-state index is 5.40. The average molecular weight is 249 g/mol. The van der Waals surface area contributed by atoms with Crippen LogP contribution in [0.25, 0.3) is 0 Å². The molecule has 1 aromatic carbocycles. The summed E-state index contributed by atoms with van der Waals surface area (Å²) in [5, 5.41) is 3.59. The normalized spacial score (nSPS) is 27.2. The van der Waals surface area contributed by atoms with Crippen LogP contribution in [0.3, 0.4) is 0 Å². The molecule has 3 nitrogen and oxygen atoms in total. The lowest BCUT2D eigenvalue weighted by Gasteiger charge is -2.31. The molecule has 100 valence electrons. The van der Waals surface area contributed by atoms with Gasteiger partial charge in [-0.3, -0.25) is 0 Å². The van der Waals surface area contributed by atoms with Gasteiger partial charge in [0.15, 0.2) is 11.5 Å². The molecule has 0 aromatic heterocycles. The number of rotatable bonds is 4. The van der Waals surface area contributed by atoms with Gasteiger partial charge in [-0.05, 0) is 37.1 Å². The van der Waals surface area contributed by atoms with E-state index < -0.39 is 0 Å². The van der Waals surface area contributed by atoms with Crippen LogP contribution in [-0.2, 0) is 5.41 Å². The molecule has 0 radical (unpaired) electrons. The summed E-state index contributed by atoms with van der Waals surface area (Å²) in [5.74, 6) is 1.61. The van der Waals surface area contributed by atoms with Crippen molar-refractivity contribution in [3.8, 4) is 11.5 Å². The summed E-state index contributed by atoms with van der Waals surface area (Å²) in [4.78, 5) is 0. The van der Waals surface area contributed by atoms with Gasteiger partial charge in [-0.15, -0.1) is 0 Å². The molecule has 2 unspecified atom stereocenters. The highest BCUT2D eigenvalue weighted by atomic mass is 16.5. The molecule has 1 saturated heterocycles. The lowest BCUT2D eigenvalue weighted by molar-refractivity contribution is 0.349. The van der Waals surface area contributed by atoms with Crippen molar-refractivity contribution in [3.63, 3.8) is 0 Å². The van der Waals surface area contributed by atoms with Crippen molar-refractivity contribution in [2.24, 2.45) is 0 Å². The third kappa shape index (κ3) is 2.07. The summed E-state index contributed by atoms with van der Waals surface area (Å²) in [6.45, 7) is 5.66. The van der Waals surface area contributed by atoms with E-state index in [0.717, 1.165) is 24.5 Å². The fourth-order valence-electron chi connectivity index (χ4n) is 3.04. The Kier molecular flexibility index (Phi) is 3.81. The zero-order valence-corrected chi connectivity index (χ0v) is 11.7. The third-order valence-corrected chi connectivity index (χ3v) is 4.26. The van der Waals surface area contributed by atoms with E-state index in [1.807, 2.05) is 6.07 Å². The van der Waals surface area contributed by atoms with E-state index in [9.17, 15) is 0 Å². The lowest BCUT2D eigenvalue weighted by atomic mass is 9.75. The maximum Gasteiger partial charge on any atom is 0.161 e. The van der Waals surface area contributed by atoms with Crippen LogP contribution in [0, 0.1) is 0 Å². The minimum absolute atomic E-state index is 0.189. The van der Waals surface area contributed by atoms with Gasteiger partial charge in [0.2, 0.25) is 0 Å². The molecule has 2 atom stereocenters. The minimum atomic E-state index is 0.189. The van der Waals surface area contributed by atoms with Gasteiger partial charge >= 0.3 is 0 Å². The van der Waals surface area contributed by atoms with Crippen molar-refractivity contribution in [2.75, 3.05) is 20.8 Å². The summed E-state index contributed by atoms with van der Waals surface area (Å²) < 4.78 is 10.7. The maximum atomic E-state index is 5.40. The first-order valence-electron chi connectivity index (χ1n) is 6.61. The van der Waals surface area contributed by atoms with Gasteiger partial charge in [0.25, 0.3) is 0 Å². The fourth-order valence-corrected chi connectivity index (χ4v) is 3.04. The molecule has 2 rings (SSSR count). The van der Waals surface area contributed by atoms with Crippen molar-refractivity contribution >= 4 is 0 Å². The third-order valence-electron chi connectivity index (χ3n) is 4.26. The molecule has 1 N–H and O–H groups in total. The Morgan fingerprint density at radius 1 is 1.28 bits per heavy atom. The topological polar surface area (TPSA) is 30.5 Å². The minimum Gasteiger partial charge on any atom is -0.493 e. The quantitative estimate of drug-likeness (QED) is 0.890. The number of ether oxygens (including phenoxy) is 2. The Bertz CT molecular complexity index is 419. The number of hydrogen-bond donors (Lipinski definition) is 1. The molecular weight excluding hydrogens is 226 g/mol. The van der Waals surface area contributed by atoms with Crippen LogP contribution in [0.2, 0.25) is 0 Å². The van der Waals surface area contributed by atoms with Gasteiger partial charge < -0.3 is 14.8 Å². The standard InChI is InChI=1S/C15H23NO2/c1-5-14-15(2,8-9-16-14)11-6-7-12(17-3)13(10-11)18-4/h6-7,10,14,16H,5,8-9H2,1-4H3. The van der Waals surface area contributed by atoms with Crippen molar-refractivity contribution in [1.29, 1.82) is 0 Å². The molecule has 18 heavy (non-hydrogen) atoms. The van der Waals surface area contributed by atoms with Crippen LogP contribution in [0.15, 0.2) is 18.2 Å².